The number of hydrogen-bond donors (Lipinski definition) is 0. The Morgan fingerprint density at radius 2 is 1.93 bits per heavy atom. The molecular formula is C22H24N4OS. The molecule has 1 aliphatic carbocycles. The van der Waals surface area contributed by atoms with E-state index in [9.17, 15) is 4.79 Å². The average molecular weight is 393 g/mol. The van der Waals surface area contributed by atoms with Gasteiger partial charge in [-0.25, -0.2) is 0 Å². The molecule has 5 nitrogen and oxygen atoms in total. The molecule has 1 saturated heterocycles. The Balaban J connectivity index is 1.23. The summed E-state index contributed by atoms with van der Waals surface area (Å²) in [5.74, 6) is 0.255. The zero-order chi connectivity index (χ0) is 18.9. The summed E-state index contributed by atoms with van der Waals surface area (Å²) in [6, 6.07) is 9.24. The van der Waals surface area contributed by atoms with Crippen LogP contribution >= 0.6 is 11.3 Å². The van der Waals surface area contributed by atoms with Gasteiger partial charge in [-0.05, 0) is 35.9 Å². The molecule has 6 heteroatoms. The molecule has 2 fully saturated rings. The van der Waals surface area contributed by atoms with Crippen LogP contribution in [0.4, 0.5) is 0 Å². The molecular weight excluding hydrogens is 368 g/mol. The number of carbonyl (C=O) groups excluding carboxylic acids is 1. The lowest BCUT2D eigenvalue weighted by molar-refractivity contribution is -0.120. The minimum Gasteiger partial charge on any atom is -0.298 e. The maximum absolute atomic E-state index is 12.6. The summed E-state index contributed by atoms with van der Waals surface area (Å²) >= 11 is 1.63. The molecule has 1 saturated carbocycles. The maximum Gasteiger partial charge on any atom is 0.152 e. The van der Waals surface area contributed by atoms with Crippen LogP contribution in [-0.4, -0.2) is 64.3 Å². The topological polar surface area (TPSA) is 49.3 Å². The monoisotopic (exact) mass is 392 g/mol. The number of pyridine rings is 1. The van der Waals surface area contributed by atoms with Gasteiger partial charge in [-0.1, -0.05) is 12.1 Å². The molecule has 0 amide bonds. The fourth-order valence-corrected chi connectivity index (χ4v) is 4.65. The van der Waals surface area contributed by atoms with Gasteiger partial charge in [0.25, 0.3) is 0 Å². The van der Waals surface area contributed by atoms with E-state index in [1.807, 2.05) is 17.9 Å². The number of carbonyl (C=O) groups is 1. The van der Waals surface area contributed by atoms with Gasteiger partial charge in [-0.15, -0.1) is 11.3 Å². The van der Waals surface area contributed by atoms with E-state index >= 15 is 0 Å². The Bertz CT molecular complexity index is 975. The number of hydrogen-bond acceptors (Lipinski definition) is 6. The largest absolute Gasteiger partial charge is 0.298 e. The van der Waals surface area contributed by atoms with E-state index in [0.29, 0.717) is 13.0 Å². The molecule has 2 aliphatic rings. The van der Waals surface area contributed by atoms with E-state index in [1.54, 1.807) is 11.3 Å². The number of Topliss-reactive ketones (excluding diaryl/α,β-unsaturated/α-hetero) is 1. The van der Waals surface area contributed by atoms with Gasteiger partial charge in [0.15, 0.2) is 5.78 Å². The van der Waals surface area contributed by atoms with Crippen molar-refractivity contribution in [1.82, 2.24) is 19.8 Å². The lowest BCUT2D eigenvalue weighted by Gasteiger charge is -2.34. The highest BCUT2D eigenvalue weighted by Crippen LogP contribution is 2.28. The second-order valence-electron chi connectivity index (χ2n) is 7.86. The standard InChI is InChI=1S/C22H24N4OS/c27-21(14-25-5-7-26(8-6-25)20-3-4-20)11-19-10-18-9-16(22-13-23-15-28-22)1-2-17(18)12-24-19/h1-2,9-10,12-13,15,20H,3-8,11,14H2. The Hall–Kier alpha value is -2.15. The van der Waals surface area contributed by atoms with Crippen LogP contribution < -0.4 is 0 Å². The van der Waals surface area contributed by atoms with E-state index in [1.165, 1.54) is 12.8 Å². The zero-order valence-corrected chi connectivity index (χ0v) is 16.7. The Morgan fingerprint density at radius 1 is 1.07 bits per heavy atom. The Morgan fingerprint density at radius 3 is 2.68 bits per heavy atom. The molecule has 3 aromatic rings. The third-order valence-corrected chi connectivity index (χ3v) is 6.57. The van der Waals surface area contributed by atoms with Crippen molar-refractivity contribution in [3.63, 3.8) is 0 Å². The van der Waals surface area contributed by atoms with Crippen LogP contribution in [0.2, 0.25) is 0 Å². The number of benzene rings is 1. The molecule has 0 spiro atoms. The average Bonchev–Trinajstić information content (AvgIpc) is 3.41. The second kappa shape index (κ2) is 7.70. The number of rotatable bonds is 6. The smallest absolute Gasteiger partial charge is 0.152 e. The normalized spacial score (nSPS) is 18.6. The van der Waals surface area contributed by atoms with Crippen LogP contribution in [0.3, 0.4) is 0 Å². The third kappa shape index (κ3) is 3.99. The van der Waals surface area contributed by atoms with Crippen molar-refractivity contribution in [2.24, 2.45) is 0 Å². The lowest BCUT2D eigenvalue weighted by atomic mass is 10.1. The van der Waals surface area contributed by atoms with Crippen molar-refractivity contribution in [2.45, 2.75) is 25.3 Å². The summed E-state index contributed by atoms with van der Waals surface area (Å²) < 4.78 is 0. The van der Waals surface area contributed by atoms with E-state index in [4.69, 9.17) is 0 Å². The van der Waals surface area contributed by atoms with E-state index < -0.39 is 0 Å². The predicted octanol–water partition coefficient (Wildman–Crippen LogP) is 3.25. The van der Waals surface area contributed by atoms with Gasteiger partial charge in [0.05, 0.1) is 23.4 Å². The summed E-state index contributed by atoms with van der Waals surface area (Å²) in [5, 5.41) is 2.22. The van der Waals surface area contributed by atoms with Crippen LogP contribution in [0.15, 0.2) is 42.2 Å². The van der Waals surface area contributed by atoms with Crippen molar-refractivity contribution >= 4 is 27.9 Å². The van der Waals surface area contributed by atoms with Crippen LogP contribution in [0.25, 0.3) is 21.2 Å². The highest BCUT2D eigenvalue weighted by Gasteiger charge is 2.31. The van der Waals surface area contributed by atoms with Crippen molar-refractivity contribution in [2.75, 3.05) is 32.7 Å². The van der Waals surface area contributed by atoms with Gasteiger partial charge >= 0.3 is 0 Å². The van der Waals surface area contributed by atoms with Crippen LogP contribution in [0.1, 0.15) is 18.5 Å². The Kier molecular flexibility index (Phi) is 4.93. The van der Waals surface area contributed by atoms with Crippen LogP contribution in [-0.2, 0) is 11.2 Å². The molecule has 0 atom stereocenters. The fraction of sp³-hybridized carbons (Fsp3) is 0.409. The first kappa shape index (κ1) is 17.9. The van der Waals surface area contributed by atoms with Crippen molar-refractivity contribution in [1.29, 1.82) is 0 Å². The van der Waals surface area contributed by atoms with Crippen molar-refractivity contribution in [3.05, 3.63) is 47.9 Å². The number of aromatic nitrogens is 2. The molecule has 0 unspecified atom stereocenters. The van der Waals surface area contributed by atoms with Gasteiger partial charge in [-0.3, -0.25) is 24.6 Å². The van der Waals surface area contributed by atoms with Crippen molar-refractivity contribution in [3.8, 4) is 10.4 Å². The summed E-state index contributed by atoms with van der Waals surface area (Å²) in [4.78, 5) is 27.3. The van der Waals surface area contributed by atoms with Gasteiger partial charge in [0.1, 0.15) is 0 Å². The molecule has 1 aromatic carbocycles. The van der Waals surface area contributed by atoms with Gasteiger partial charge in [0.2, 0.25) is 0 Å². The van der Waals surface area contributed by atoms with Gasteiger partial charge < -0.3 is 0 Å². The first-order valence-electron chi connectivity index (χ1n) is 10.0. The molecule has 3 heterocycles. The molecule has 0 N–H and O–H groups in total. The molecule has 28 heavy (non-hydrogen) atoms. The molecule has 0 bridgehead atoms. The SMILES string of the molecule is O=C(Cc1cc2cc(-c3cncs3)ccc2cn1)CN1CCN(C2CC2)CC1. The quantitative estimate of drug-likeness (QED) is 0.645. The lowest BCUT2D eigenvalue weighted by Crippen LogP contribution is -2.48. The maximum atomic E-state index is 12.6. The first-order chi connectivity index (χ1) is 13.7. The van der Waals surface area contributed by atoms with Gasteiger partial charge in [0, 0.05) is 55.7 Å². The summed E-state index contributed by atoms with van der Waals surface area (Å²) in [7, 11) is 0. The van der Waals surface area contributed by atoms with Gasteiger partial charge in [-0.2, -0.15) is 0 Å². The highest BCUT2D eigenvalue weighted by molar-refractivity contribution is 7.13. The summed E-state index contributed by atoms with van der Waals surface area (Å²) in [6.45, 7) is 4.76. The Labute approximate surface area is 169 Å². The molecule has 5 rings (SSSR count). The number of nitrogens with zero attached hydrogens (tertiary/aromatic N) is 4. The number of thiazole rings is 1. The fourth-order valence-electron chi connectivity index (χ4n) is 4.03. The molecule has 144 valence electrons. The summed E-state index contributed by atoms with van der Waals surface area (Å²) in [6.07, 6.45) is 6.89. The molecule has 2 aromatic heterocycles. The van der Waals surface area contributed by atoms with E-state index in [2.05, 4.69) is 44.0 Å². The zero-order valence-electron chi connectivity index (χ0n) is 15.9. The predicted molar refractivity (Wildman–Crippen MR) is 113 cm³/mol. The first-order valence-corrected chi connectivity index (χ1v) is 10.9. The number of ketones is 1. The minimum absolute atomic E-state index is 0.255. The number of piperazine rings is 1. The van der Waals surface area contributed by atoms with Crippen LogP contribution in [0.5, 0.6) is 0 Å². The molecule has 0 radical (unpaired) electrons. The number of fused-ring (bicyclic) bond motifs is 1. The summed E-state index contributed by atoms with van der Waals surface area (Å²) in [5.41, 5.74) is 3.86. The highest BCUT2D eigenvalue weighted by atomic mass is 32.1. The molecule has 1 aliphatic heterocycles. The minimum atomic E-state index is 0.255. The van der Waals surface area contributed by atoms with E-state index in [0.717, 1.165) is 59.1 Å². The van der Waals surface area contributed by atoms with E-state index in [-0.39, 0.29) is 5.78 Å². The second-order valence-corrected chi connectivity index (χ2v) is 8.75. The van der Waals surface area contributed by atoms with Crippen molar-refractivity contribution < 1.29 is 4.79 Å². The van der Waals surface area contributed by atoms with Crippen LogP contribution in [0, 0.1) is 0 Å². The third-order valence-electron chi connectivity index (χ3n) is 5.74.